The van der Waals surface area contributed by atoms with Crippen molar-refractivity contribution in [3.05, 3.63) is 41.1 Å². The van der Waals surface area contributed by atoms with Gasteiger partial charge in [0.2, 0.25) is 5.95 Å². The van der Waals surface area contributed by atoms with Gasteiger partial charge in [0.15, 0.2) is 0 Å². The van der Waals surface area contributed by atoms with Crippen LogP contribution in [0.15, 0.2) is 24.3 Å². The number of fused-ring (bicyclic) bond motifs is 1. The summed E-state index contributed by atoms with van der Waals surface area (Å²) >= 11 is 0. The minimum Gasteiger partial charge on any atom is -0.377 e. The molecule has 1 aromatic carbocycles. The third kappa shape index (κ3) is 2.90. The van der Waals surface area contributed by atoms with Crippen molar-refractivity contribution in [3.8, 4) is 11.3 Å². The Morgan fingerprint density at radius 2 is 1.86 bits per heavy atom. The van der Waals surface area contributed by atoms with Crippen LogP contribution in [-0.2, 0) is 22.6 Å². The molecule has 2 aromatic rings. The highest BCUT2D eigenvalue weighted by molar-refractivity contribution is 5.67. The molecule has 3 aliphatic rings. The van der Waals surface area contributed by atoms with Gasteiger partial charge in [-0.2, -0.15) is 8.78 Å². The van der Waals surface area contributed by atoms with Crippen molar-refractivity contribution < 1.29 is 22.3 Å². The lowest BCUT2D eigenvalue weighted by molar-refractivity contribution is -0.0569. The largest absolute Gasteiger partial charge is 0.377 e. The first-order valence-electron chi connectivity index (χ1n) is 9.60. The molecule has 5 nitrogen and oxygen atoms in total. The molecule has 0 saturated carbocycles. The van der Waals surface area contributed by atoms with E-state index in [2.05, 4.69) is 9.97 Å². The zero-order chi connectivity index (χ0) is 20.4. The lowest BCUT2D eigenvalue weighted by Crippen LogP contribution is -2.54. The number of nitrogens with two attached hydrogens (primary N) is 1. The Kier molecular flexibility index (Phi) is 4.12. The van der Waals surface area contributed by atoms with E-state index in [-0.39, 0.29) is 24.5 Å². The zero-order valence-corrected chi connectivity index (χ0v) is 15.5. The fourth-order valence-corrected chi connectivity index (χ4v) is 4.15. The van der Waals surface area contributed by atoms with E-state index >= 15 is 0 Å². The molecule has 0 radical (unpaired) electrons. The molecular weight excluding hydrogens is 388 g/mol. The van der Waals surface area contributed by atoms with E-state index in [1.165, 1.54) is 4.90 Å². The molecule has 0 bridgehead atoms. The fraction of sp³-hybridized carbons (Fsp3) is 0.500. The molecule has 9 heteroatoms. The molecule has 2 aliphatic heterocycles. The van der Waals surface area contributed by atoms with Gasteiger partial charge in [-0.1, -0.05) is 24.3 Å². The van der Waals surface area contributed by atoms with Gasteiger partial charge in [-0.25, -0.2) is 18.7 Å². The summed E-state index contributed by atoms with van der Waals surface area (Å²) in [6, 6.07) is 6.21. The molecule has 0 amide bonds. The minimum atomic E-state index is -3.09. The summed E-state index contributed by atoms with van der Waals surface area (Å²) in [5.41, 5.74) is 7.66. The highest BCUT2D eigenvalue weighted by Crippen LogP contribution is 2.45. The third-order valence-electron chi connectivity index (χ3n) is 6.10. The summed E-state index contributed by atoms with van der Waals surface area (Å²) < 4.78 is 60.5. The molecule has 1 aromatic heterocycles. The second-order valence-electron chi connectivity index (χ2n) is 8.01. The highest BCUT2D eigenvalue weighted by Gasteiger charge is 2.45. The van der Waals surface area contributed by atoms with Crippen LogP contribution in [0.4, 0.5) is 23.5 Å². The molecule has 0 spiro atoms. The maximum atomic E-state index is 14.4. The Morgan fingerprint density at radius 1 is 1.14 bits per heavy atom. The van der Waals surface area contributed by atoms with Crippen molar-refractivity contribution in [2.75, 3.05) is 24.7 Å². The zero-order valence-electron chi connectivity index (χ0n) is 15.5. The fourth-order valence-electron chi connectivity index (χ4n) is 4.15. The highest BCUT2D eigenvalue weighted by atomic mass is 19.3. The smallest absolute Gasteiger partial charge is 0.290 e. The molecule has 1 atom stereocenters. The van der Waals surface area contributed by atoms with Gasteiger partial charge in [0.05, 0.1) is 30.5 Å². The SMILES string of the molecule is NC1(c2ccc(-c3nc(N4CC[C@H]4C(F)F)nc4c3CCC4(F)F)cc2)COC1. The van der Waals surface area contributed by atoms with E-state index < -0.39 is 23.9 Å². The second-order valence-corrected chi connectivity index (χ2v) is 8.01. The number of ether oxygens (including phenoxy) is 1. The molecular formula is C20H20F4N4O. The second kappa shape index (κ2) is 6.37. The van der Waals surface area contributed by atoms with E-state index in [0.717, 1.165) is 5.56 Å². The van der Waals surface area contributed by atoms with Crippen LogP contribution in [0.1, 0.15) is 29.7 Å². The quantitative estimate of drug-likeness (QED) is 0.788. The first kappa shape index (κ1) is 18.7. The van der Waals surface area contributed by atoms with Crippen molar-refractivity contribution in [3.63, 3.8) is 0 Å². The summed E-state index contributed by atoms with van der Waals surface area (Å²) in [7, 11) is 0. The van der Waals surface area contributed by atoms with Crippen molar-refractivity contribution in [2.45, 2.75) is 43.2 Å². The molecule has 3 heterocycles. The average molecular weight is 408 g/mol. The average Bonchev–Trinajstić information content (AvgIpc) is 2.93. The van der Waals surface area contributed by atoms with Crippen LogP contribution in [0.3, 0.4) is 0 Å². The first-order chi connectivity index (χ1) is 13.8. The number of hydrogen-bond donors (Lipinski definition) is 1. The number of hydrogen-bond acceptors (Lipinski definition) is 5. The Labute approximate surface area is 164 Å². The summed E-state index contributed by atoms with van der Waals surface area (Å²) in [6.07, 6.45) is -2.49. The van der Waals surface area contributed by atoms with Gasteiger partial charge in [0.25, 0.3) is 12.3 Å². The minimum absolute atomic E-state index is 0.0522. The number of anilines is 1. The molecule has 2 saturated heterocycles. The van der Waals surface area contributed by atoms with Gasteiger partial charge in [0.1, 0.15) is 5.69 Å². The Morgan fingerprint density at radius 3 is 2.41 bits per heavy atom. The number of aromatic nitrogens is 2. The predicted octanol–water partition coefficient (Wildman–Crippen LogP) is 3.21. The number of benzene rings is 1. The maximum Gasteiger partial charge on any atom is 0.290 e. The monoisotopic (exact) mass is 408 g/mol. The van der Waals surface area contributed by atoms with Crippen LogP contribution in [0, 0.1) is 0 Å². The summed E-state index contributed by atoms with van der Waals surface area (Å²) in [5.74, 6) is -3.14. The lowest BCUT2D eigenvalue weighted by atomic mass is 9.88. The topological polar surface area (TPSA) is 64.3 Å². The number of rotatable bonds is 4. The Balaban J connectivity index is 1.57. The van der Waals surface area contributed by atoms with Gasteiger partial charge < -0.3 is 15.4 Å². The van der Waals surface area contributed by atoms with Gasteiger partial charge in [0, 0.05) is 24.1 Å². The number of nitrogens with zero attached hydrogens (tertiary/aromatic N) is 3. The molecule has 29 heavy (non-hydrogen) atoms. The van der Waals surface area contributed by atoms with E-state index in [1.54, 1.807) is 12.1 Å². The predicted molar refractivity (Wildman–Crippen MR) is 98.1 cm³/mol. The summed E-state index contributed by atoms with van der Waals surface area (Å²) in [5, 5.41) is 0. The molecule has 5 rings (SSSR count). The van der Waals surface area contributed by atoms with Gasteiger partial charge in [-0.3, -0.25) is 0 Å². The van der Waals surface area contributed by atoms with E-state index in [1.807, 2.05) is 12.1 Å². The van der Waals surface area contributed by atoms with Crippen LogP contribution >= 0.6 is 0 Å². The van der Waals surface area contributed by atoms with Crippen LogP contribution in [0.2, 0.25) is 0 Å². The van der Waals surface area contributed by atoms with Crippen molar-refractivity contribution in [2.24, 2.45) is 5.73 Å². The maximum absolute atomic E-state index is 14.4. The Bertz CT molecular complexity index is 946. The van der Waals surface area contributed by atoms with Crippen LogP contribution in [-0.4, -0.2) is 42.2 Å². The van der Waals surface area contributed by atoms with E-state index in [0.29, 0.717) is 43.0 Å². The normalized spacial score (nSPS) is 24.2. The molecule has 1 aliphatic carbocycles. The van der Waals surface area contributed by atoms with Crippen molar-refractivity contribution >= 4 is 5.95 Å². The first-order valence-corrected chi connectivity index (χ1v) is 9.60. The van der Waals surface area contributed by atoms with Gasteiger partial charge >= 0.3 is 0 Å². The standard InChI is InChI=1S/C20H20F4N4O/c21-17(22)14-6-8-28(14)18-26-15(13-5-7-20(23,24)16(13)27-18)11-1-3-12(4-2-11)19(25)9-29-10-19/h1-4,14,17H,5-10,25H2/t14-/m0/s1. The van der Waals surface area contributed by atoms with Crippen LogP contribution < -0.4 is 10.6 Å². The molecule has 2 N–H and O–H groups in total. The molecule has 2 fully saturated rings. The lowest BCUT2D eigenvalue weighted by Gasteiger charge is -2.40. The summed E-state index contributed by atoms with van der Waals surface area (Å²) in [4.78, 5) is 9.79. The van der Waals surface area contributed by atoms with E-state index in [9.17, 15) is 17.6 Å². The van der Waals surface area contributed by atoms with Gasteiger partial charge in [-0.05, 0) is 18.4 Å². The molecule has 154 valence electrons. The van der Waals surface area contributed by atoms with Crippen molar-refractivity contribution in [1.82, 2.24) is 9.97 Å². The third-order valence-corrected chi connectivity index (χ3v) is 6.10. The van der Waals surface area contributed by atoms with Crippen LogP contribution in [0.25, 0.3) is 11.3 Å². The number of halogens is 4. The summed E-state index contributed by atoms with van der Waals surface area (Å²) in [6.45, 7) is 1.18. The van der Waals surface area contributed by atoms with Crippen LogP contribution in [0.5, 0.6) is 0 Å². The molecule has 0 unspecified atom stereocenters. The number of alkyl halides is 4. The Hall–Kier alpha value is -2.26. The van der Waals surface area contributed by atoms with Crippen molar-refractivity contribution in [1.29, 1.82) is 0 Å². The van der Waals surface area contributed by atoms with E-state index in [4.69, 9.17) is 10.5 Å². The van der Waals surface area contributed by atoms with Gasteiger partial charge in [-0.15, -0.1) is 0 Å².